The second kappa shape index (κ2) is 5.88. The average Bonchev–Trinajstić information content (AvgIpc) is 2.83. The number of benzene rings is 1. The molecular weight excluding hydrogens is 318 g/mol. The van der Waals surface area contributed by atoms with Crippen LogP contribution < -0.4 is 9.47 Å². The first-order chi connectivity index (χ1) is 11.0. The van der Waals surface area contributed by atoms with Crippen LogP contribution in [0, 0.1) is 0 Å². The van der Waals surface area contributed by atoms with Gasteiger partial charge in [-0.1, -0.05) is 6.07 Å². The Morgan fingerprint density at radius 1 is 1.17 bits per heavy atom. The van der Waals surface area contributed by atoms with E-state index >= 15 is 0 Å². The molecule has 23 heavy (non-hydrogen) atoms. The molecule has 0 spiro atoms. The predicted octanol–water partition coefficient (Wildman–Crippen LogP) is 1.89. The Bertz CT molecular complexity index is 798. The number of rotatable bonds is 3. The Morgan fingerprint density at radius 3 is 2.61 bits per heavy atom. The van der Waals surface area contributed by atoms with Crippen LogP contribution in [0.5, 0.6) is 11.5 Å². The molecule has 0 bridgehead atoms. The number of carbonyl (C=O) groups is 2. The number of ether oxygens (including phenoxy) is 2. The van der Waals surface area contributed by atoms with Gasteiger partial charge in [-0.2, -0.15) is 10.1 Å². The number of carbonyl (C=O) groups excluding carboxylic acids is 2. The normalized spacial score (nSPS) is 18.7. The van der Waals surface area contributed by atoms with Gasteiger partial charge in [0.15, 0.2) is 11.5 Å². The Morgan fingerprint density at radius 2 is 1.91 bits per heavy atom. The van der Waals surface area contributed by atoms with Crippen molar-refractivity contribution in [1.29, 1.82) is 0 Å². The SMILES string of the molecule is COc1ccc(C=C2N=C3SC(=O)C(C)=NN3C2=O)cc1OC. The third-order valence-corrected chi connectivity index (χ3v) is 4.18. The van der Waals surface area contributed by atoms with Crippen LogP contribution in [0.15, 0.2) is 34.0 Å². The molecule has 0 radical (unpaired) electrons. The molecule has 8 heteroatoms. The van der Waals surface area contributed by atoms with E-state index in [1.165, 1.54) is 7.11 Å². The molecule has 0 saturated carbocycles. The summed E-state index contributed by atoms with van der Waals surface area (Å²) >= 11 is 0.897. The van der Waals surface area contributed by atoms with Crippen molar-refractivity contribution in [3.8, 4) is 11.5 Å². The Labute approximate surface area is 136 Å². The van der Waals surface area contributed by atoms with Crippen molar-refractivity contribution in [3.63, 3.8) is 0 Å². The lowest BCUT2D eigenvalue weighted by Gasteiger charge is -2.15. The number of amides is 1. The number of aliphatic imine (C=N–C) groups is 1. The van der Waals surface area contributed by atoms with Crippen LogP contribution in [-0.2, 0) is 9.59 Å². The molecule has 1 aromatic carbocycles. The summed E-state index contributed by atoms with van der Waals surface area (Å²) < 4.78 is 10.4. The van der Waals surface area contributed by atoms with Crippen LogP contribution in [0.3, 0.4) is 0 Å². The largest absolute Gasteiger partial charge is 0.493 e. The van der Waals surface area contributed by atoms with Gasteiger partial charge in [-0.3, -0.25) is 9.59 Å². The van der Waals surface area contributed by atoms with Crippen molar-refractivity contribution in [3.05, 3.63) is 29.5 Å². The van der Waals surface area contributed by atoms with E-state index in [0.717, 1.165) is 22.3 Å². The first-order valence-corrected chi connectivity index (χ1v) is 7.49. The number of hydrogen-bond donors (Lipinski definition) is 0. The summed E-state index contributed by atoms with van der Waals surface area (Å²) in [5.74, 6) is 0.780. The lowest BCUT2D eigenvalue weighted by Crippen LogP contribution is -2.32. The van der Waals surface area contributed by atoms with E-state index in [2.05, 4.69) is 10.1 Å². The van der Waals surface area contributed by atoms with E-state index in [4.69, 9.17) is 9.47 Å². The molecule has 0 N–H and O–H groups in total. The maximum absolute atomic E-state index is 12.3. The zero-order valence-electron chi connectivity index (χ0n) is 12.7. The highest BCUT2D eigenvalue weighted by Crippen LogP contribution is 2.31. The van der Waals surface area contributed by atoms with Crippen LogP contribution in [0.1, 0.15) is 12.5 Å². The molecule has 0 aliphatic carbocycles. The Kier molecular flexibility index (Phi) is 3.91. The molecule has 7 nitrogen and oxygen atoms in total. The number of amidine groups is 1. The summed E-state index contributed by atoms with van der Waals surface area (Å²) in [6.07, 6.45) is 1.62. The smallest absolute Gasteiger partial charge is 0.299 e. The maximum Gasteiger partial charge on any atom is 0.299 e. The molecule has 0 fully saturated rings. The molecule has 118 valence electrons. The van der Waals surface area contributed by atoms with Gasteiger partial charge in [0.05, 0.1) is 14.2 Å². The van der Waals surface area contributed by atoms with Crippen molar-refractivity contribution in [1.82, 2.24) is 5.01 Å². The third kappa shape index (κ3) is 2.72. The Hall–Kier alpha value is -2.61. The first kappa shape index (κ1) is 15.3. The number of hydrazone groups is 1. The molecule has 2 aliphatic rings. The van der Waals surface area contributed by atoms with Crippen molar-refractivity contribution < 1.29 is 19.1 Å². The van der Waals surface area contributed by atoms with Gasteiger partial charge in [0.25, 0.3) is 5.91 Å². The standard InChI is InChI=1S/C15H13N3O4S/c1-8-14(20)23-15-16-10(13(19)18(15)17-8)6-9-4-5-11(21-2)12(7-9)22-3/h4-7H,1-3H3. The van der Waals surface area contributed by atoms with E-state index in [1.54, 1.807) is 38.3 Å². The van der Waals surface area contributed by atoms with Crippen molar-refractivity contribution in [2.45, 2.75) is 6.92 Å². The number of nitrogens with zero attached hydrogens (tertiary/aromatic N) is 3. The van der Waals surface area contributed by atoms with Gasteiger partial charge in [-0.25, -0.2) is 4.99 Å². The first-order valence-electron chi connectivity index (χ1n) is 6.67. The lowest BCUT2D eigenvalue weighted by molar-refractivity contribution is -0.122. The Balaban J connectivity index is 1.96. The molecule has 0 aromatic heterocycles. The summed E-state index contributed by atoms with van der Waals surface area (Å²) in [6.45, 7) is 1.56. The lowest BCUT2D eigenvalue weighted by atomic mass is 10.1. The molecule has 3 rings (SSSR count). The summed E-state index contributed by atoms with van der Waals surface area (Å²) in [4.78, 5) is 28.1. The van der Waals surface area contributed by atoms with E-state index in [0.29, 0.717) is 11.5 Å². The van der Waals surface area contributed by atoms with E-state index in [1.807, 2.05) is 0 Å². The number of fused-ring (bicyclic) bond motifs is 1. The zero-order valence-corrected chi connectivity index (χ0v) is 13.5. The van der Waals surface area contributed by atoms with E-state index in [-0.39, 0.29) is 27.6 Å². The molecule has 2 aliphatic heterocycles. The van der Waals surface area contributed by atoms with Gasteiger partial charge in [0, 0.05) is 0 Å². The van der Waals surface area contributed by atoms with Gasteiger partial charge < -0.3 is 9.47 Å². The average molecular weight is 331 g/mol. The summed E-state index contributed by atoms with van der Waals surface area (Å²) in [5.41, 5.74) is 1.22. The fourth-order valence-electron chi connectivity index (χ4n) is 2.09. The summed E-state index contributed by atoms with van der Waals surface area (Å²) in [7, 11) is 3.09. The minimum atomic E-state index is -0.367. The molecule has 0 unspecified atom stereocenters. The molecule has 2 heterocycles. The van der Waals surface area contributed by atoms with Crippen LogP contribution in [-0.4, -0.2) is 41.1 Å². The molecule has 0 saturated heterocycles. The topological polar surface area (TPSA) is 80.6 Å². The minimum absolute atomic E-state index is 0.208. The van der Waals surface area contributed by atoms with Gasteiger partial charge >= 0.3 is 0 Å². The molecular formula is C15H13N3O4S. The van der Waals surface area contributed by atoms with Gasteiger partial charge in [-0.05, 0) is 42.5 Å². The van der Waals surface area contributed by atoms with Crippen molar-refractivity contribution >= 4 is 39.7 Å². The van der Waals surface area contributed by atoms with E-state index in [9.17, 15) is 9.59 Å². The van der Waals surface area contributed by atoms with Crippen LogP contribution in [0.4, 0.5) is 0 Å². The molecule has 1 aromatic rings. The van der Waals surface area contributed by atoms with Gasteiger partial charge in [0.1, 0.15) is 11.4 Å². The van der Waals surface area contributed by atoms with Gasteiger partial charge in [0.2, 0.25) is 10.3 Å². The highest BCUT2D eigenvalue weighted by Gasteiger charge is 2.36. The fraction of sp³-hybridized carbons (Fsp3) is 0.200. The number of methoxy groups -OCH3 is 2. The summed E-state index contributed by atoms with van der Waals surface area (Å²) in [6, 6.07) is 5.26. The zero-order chi connectivity index (χ0) is 16.6. The highest BCUT2D eigenvalue weighted by atomic mass is 32.2. The van der Waals surface area contributed by atoms with Crippen molar-refractivity contribution in [2.75, 3.05) is 14.2 Å². The quantitative estimate of drug-likeness (QED) is 0.790. The number of thioether (sulfide) groups is 1. The fourth-order valence-corrected chi connectivity index (χ4v) is 2.80. The number of hydrogen-bond acceptors (Lipinski definition) is 7. The molecule has 1 amide bonds. The van der Waals surface area contributed by atoms with Crippen LogP contribution >= 0.6 is 11.8 Å². The monoisotopic (exact) mass is 331 g/mol. The minimum Gasteiger partial charge on any atom is -0.493 e. The summed E-state index contributed by atoms with van der Waals surface area (Å²) in [5, 5.41) is 5.19. The second-order valence-corrected chi connectivity index (χ2v) is 5.67. The highest BCUT2D eigenvalue weighted by molar-refractivity contribution is 8.27. The predicted molar refractivity (Wildman–Crippen MR) is 87.5 cm³/mol. The van der Waals surface area contributed by atoms with Crippen molar-refractivity contribution in [2.24, 2.45) is 10.1 Å². The van der Waals surface area contributed by atoms with Crippen LogP contribution in [0.25, 0.3) is 6.08 Å². The second-order valence-electron chi connectivity index (χ2n) is 4.73. The third-order valence-electron chi connectivity index (χ3n) is 3.25. The molecule has 0 atom stereocenters. The van der Waals surface area contributed by atoms with E-state index < -0.39 is 0 Å². The van der Waals surface area contributed by atoms with Gasteiger partial charge in [-0.15, -0.1) is 0 Å². The van der Waals surface area contributed by atoms with Crippen LogP contribution in [0.2, 0.25) is 0 Å². The maximum atomic E-state index is 12.3.